The van der Waals surface area contributed by atoms with Crippen LogP contribution in [-0.2, 0) is 0 Å². The minimum Gasteiger partial charge on any atom is -0.302 e. The second-order valence-electron chi connectivity index (χ2n) is 4.44. The highest BCUT2D eigenvalue weighted by Gasteiger charge is 2.14. The van der Waals surface area contributed by atoms with Gasteiger partial charge in [0.25, 0.3) is 0 Å². The fourth-order valence-electron chi connectivity index (χ4n) is 1.97. The third-order valence-electron chi connectivity index (χ3n) is 2.80. The first kappa shape index (κ1) is 15.4. The van der Waals surface area contributed by atoms with Crippen molar-refractivity contribution in [2.24, 2.45) is 0 Å². The highest BCUT2D eigenvalue weighted by Crippen LogP contribution is 2.23. The van der Waals surface area contributed by atoms with Crippen LogP contribution < -0.4 is 0 Å². The van der Waals surface area contributed by atoms with E-state index in [1.807, 2.05) is 0 Å². The van der Waals surface area contributed by atoms with E-state index in [4.69, 9.17) is 11.6 Å². The molecule has 4 heteroatoms. The first-order valence-electron chi connectivity index (χ1n) is 6.39. The van der Waals surface area contributed by atoms with Gasteiger partial charge in [-0.1, -0.05) is 19.9 Å². The van der Waals surface area contributed by atoms with Gasteiger partial charge in [-0.2, -0.15) is 0 Å². The summed E-state index contributed by atoms with van der Waals surface area (Å²) in [5, 5.41) is -0.307. The molecule has 1 unspecified atom stereocenters. The van der Waals surface area contributed by atoms with Crippen molar-refractivity contribution < 1.29 is 8.78 Å². The van der Waals surface area contributed by atoms with E-state index in [-0.39, 0.29) is 5.38 Å². The average molecular weight is 276 g/mol. The van der Waals surface area contributed by atoms with Gasteiger partial charge in [-0.3, -0.25) is 0 Å². The fourth-order valence-corrected chi connectivity index (χ4v) is 2.30. The molecule has 0 saturated carbocycles. The topological polar surface area (TPSA) is 3.24 Å². The number of rotatable bonds is 7. The predicted molar refractivity (Wildman–Crippen MR) is 72.0 cm³/mol. The number of hydrogen-bond donors (Lipinski definition) is 0. The summed E-state index contributed by atoms with van der Waals surface area (Å²) in [4.78, 5) is 2.25. The number of alkyl halides is 1. The van der Waals surface area contributed by atoms with Crippen molar-refractivity contribution in [2.75, 3.05) is 19.6 Å². The molecule has 0 spiro atoms. The van der Waals surface area contributed by atoms with Gasteiger partial charge in [0, 0.05) is 6.54 Å². The second kappa shape index (κ2) is 7.70. The third-order valence-corrected chi connectivity index (χ3v) is 3.19. The molecule has 0 heterocycles. The number of hydrogen-bond acceptors (Lipinski definition) is 1. The van der Waals surface area contributed by atoms with Gasteiger partial charge >= 0.3 is 0 Å². The fraction of sp³-hybridized carbons (Fsp3) is 0.571. The Morgan fingerprint density at radius 3 is 2.22 bits per heavy atom. The standard InChI is InChI=1S/C14H20ClF2N/c1-3-7-18(8-4-2)10-12(15)11-5-6-13(16)14(17)9-11/h5-6,9,12H,3-4,7-8,10H2,1-2H3. The minimum atomic E-state index is -0.837. The molecule has 0 radical (unpaired) electrons. The first-order valence-corrected chi connectivity index (χ1v) is 6.83. The Balaban J connectivity index is 2.67. The largest absolute Gasteiger partial charge is 0.302 e. The van der Waals surface area contributed by atoms with Gasteiger partial charge < -0.3 is 4.90 Å². The normalized spacial score (nSPS) is 13.0. The van der Waals surface area contributed by atoms with Crippen LogP contribution in [0, 0.1) is 11.6 Å². The van der Waals surface area contributed by atoms with Gasteiger partial charge in [0.1, 0.15) is 0 Å². The number of halogens is 3. The van der Waals surface area contributed by atoms with Crippen LogP contribution in [0.5, 0.6) is 0 Å². The molecule has 1 nitrogen and oxygen atoms in total. The molecule has 1 aromatic carbocycles. The summed E-state index contributed by atoms with van der Waals surface area (Å²) in [6, 6.07) is 3.86. The van der Waals surface area contributed by atoms with E-state index in [2.05, 4.69) is 18.7 Å². The summed E-state index contributed by atoms with van der Waals surface area (Å²) in [6.07, 6.45) is 2.11. The lowest BCUT2D eigenvalue weighted by atomic mass is 10.1. The number of nitrogens with zero attached hydrogens (tertiary/aromatic N) is 1. The average Bonchev–Trinajstić information content (AvgIpc) is 2.33. The van der Waals surface area contributed by atoms with Gasteiger partial charge in [0.05, 0.1) is 5.38 Å². The van der Waals surface area contributed by atoms with E-state index in [1.54, 1.807) is 6.07 Å². The van der Waals surface area contributed by atoms with Crippen LogP contribution >= 0.6 is 11.6 Å². The van der Waals surface area contributed by atoms with Crippen LogP contribution in [0.4, 0.5) is 8.78 Å². The lowest BCUT2D eigenvalue weighted by molar-refractivity contribution is 0.274. The van der Waals surface area contributed by atoms with Gasteiger partial charge in [-0.15, -0.1) is 11.6 Å². The molecular weight excluding hydrogens is 256 g/mol. The highest BCUT2D eigenvalue weighted by atomic mass is 35.5. The molecule has 1 atom stereocenters. The van der Waals surface area contributed by atoms with Crippen LogP contribution in [0.15, 0.2) is 18.2 Å². The molecule has 102 valence electrons. The van der Waals surface area contributed by atoms with Gasteiger partial charge in [0.15, 0.2) is 11.6 Å². The molecule has 0 saturated heterocycles. The Hall–Kier alpha value is -0.670. The molecule has 0 amide bonds. The molecule has 1 aromatic rings. The molecule has 0 aliphatic rings. The van der Waals surface area contributed by atoms with Crippen molar-refractivity contribution in [3.8, 4) is 0 Å². The molecule has 0 aliphatic heterocycles. The summed E-state index contributed by atoms with van der Waals surface area (Å²) in [7, 11) is 0. The summed E-state index contributed by atoms with van der Waals surface area (Å²) in [6.45, 7) is 6.84. The van der Waals surface area contributed by atoms with Crippen LogP contribution in [0.3, 0.4) is 0 Å². The molecule has 0 bridgehead atoms. The van der Waals surface area contributed by atoms with Crippen molar-refractivity contribution in [3.63, 3.8) is 0 Å². The highest BCUT2D eigenvalue weighted by molar-refractivity contribution is 6.21. The van der Waals surface area contributed by atoms with Gasteiger partial charge in [-0.05, 0) is 43.6 Å². The Bertz CT molecular complexity index is 365. The third kappa shape index (κ3) is 4.54. The van der Waals surface area contributed by atoms with Crippen molar-refractivity contribution in [1.29, 1.82) is 0 Å². The van der Waals surface area contributed by atoms with E-state index in [1.165, 1.54) is 6.07 Å². The van der Waals surface area contributed by atoms with E-state index in [0.29, 0.717) is 12.1 Å². The van der Waals surface area contributed by atoms with Gasteiger partial charge in [0.2, 0.25) is 0 Å². The number of benzene rings is 1. The monoisotopic (exact) mass is 275 g/mol. The zero-order chi connectivity index (χ0) is 13.5. The summed E-state index contributed by atoms with van der Waals surface area (Å²) in [5.74, 6) is -1.67. The lowest BCUT2D eigenvalue weighted by Crippen LogP contribution is -2.28. The summed E-state index contributed by atoms with van der Waals surface area (Å²) < 4.78 is 26.0. The van der Waals surface area contributed by atoms with Crippen molar-refractivity contribution in [2.45, 2.75) is 32.1 Å². The minimum absolute atomic E-state index is 0.307. The zero-order valence-electron chi connectivity index (χ0n) is 10.9. The van der Waals surface area contributed by atoms with Crippen LogP contribution in [0.1, 0.15) is 37.6 Å². The summed E-state index contributed by atoms with van der Waals surface area (Å²) >= 11 is 6.27. The molecule has 0 fully saturated rings. The maximum atomic E-state index is 13.1. The van der Waals surface area contributed by atoms with Crippen LogP contribution in [0.2, 0.25) is 0 Å². The smallest absolute Gasteiger partial charge is 0.159 e. The second-order valence-corrected chi connectivity index (χ2v) is 4.97. The van der Waals surface area contributed by atoms with E-state index >= 15 is 0 Å². The van der Waals surface area contributed by atoms with Crippen molar-refractivity contribution in [3.05, 3.63) is 35.4 Å². The maximum Gasteiger partial charge on any atom is 0.159 e. The molecular formula is C14H20ClF2N. The lowest BCUT2D eigenvalue weighted by Gasteiger charge is -2.23. The van der Waals surface area contributed by atoms with Gasteiger partial charge in [-0.25, -0.2) is 8.78 Å². The molecule has 0 aliphatic carbocycles. The first-order chi connectivity index (χ1) is 8.58. The van der Waals surface area contributed by atoms with Crippen LogP contribution in [-0.4, -0.2) is 24.5 Å². The maximum absolute atomic E-state index is 13.1. The predicted octanol–water partition coefficient (Wildman–Crippen LogP) is 4.37. The van der Waals surface area contributed by atoms with Crippen molar-refractivity contribution >= 4 is 11.6 Å². The molecule has 0 N–H and O–H groups in total. The Morgan fingerprint density at radius 2 is 1.72 bits per heavy atom. The molecule has 0 aromatic heterocycles. The van der Waals surface area contributed by atoms with E-state index in [9.17, 15) is 8.78 Å². The Morgan fingerprint density at radius 1 is 1.11 bits per heavy atom. The Kier molecular flexibility index (Phi) is 6.58. The quantitative estimate of drug-likeness (QED) is 0.668. The Labute approximate surface area is 113 Å². The zero-order valence-corrected chi connectivity index (χ0v) is 11.7. The summed E-state index contributed by atoms with van der Waals surface area (Å²) in [5.41, 5.74) is 0.632. The van der Waals surface area contributed by atoms with Crippen LogP contribution in [0.25, 0.3) is 0 Å². The molecule has 1 rings (SSSR count). The van der Waals surface area contributed by atoms with Crippen molar-refractivity contribution in [1.82, 2.24) is 4.90 Å². The van der Waals surface area contributed by atoms with E-state index < -0.39 is 11.6 Å². The SMILES string of the molecule is CCCN(CCC)CC(Cl)c1ccc(F)c(F)c1. The molecule has 18 heavy (non-hydrogen) atoms. The van der Waals surface area contributed by atoms with E-state index in [0.717, 1.165) is 32.0 Å².